The summed E-state index contributed by atoms with van der Waals surface area (Å²) in [5, 5.41) is 3.89. The fourth-order valence-corrected chi connectivity index (χ4v) is 2.95. The van der Waals surface area contributed by atoms with E-state index in [1.165, 1.54) is 12.8 Å². The van der Waals surface area contributed by atoms with Gasteiger partial charge in [0.15, 0.2) is 6.10 Å². The Morgan fingerprint density at radius 1 is 1.15 bits per heavy atom. The quantitative estimate of drug-likeness (QED) is 0.728. The van der Waals surface area contributed by atoms with Gasteiger partial charge in [0.1, 0.15) is 5.75 Å². The van der Waals surface area contributed by atoms with Crippen molar-refractivity contribution in [2.75, 3.05) is 6.54 Å². The van der Waals surface area contributed by atoms with E-state index in [0.717, 1.165) is 28.7 Å². The number of pyridine rings is 1. The number of carbonyl (C=O) groups excluding carboxylic acids is 1. The molecule has 1 heterocycles. The van der Waals surface area contributed by atoms with Crippen molar-refractivity contribution >= 4 is 16.8 Å². The number of nitrogens with zero attached hydrogens (tertiary/aromatic N) is 1. The number of hydrogen-bond donors (Lipinski definition) is 1. The van der Waals surface area contributed by atoms with E-state index in [0.29, 0.717) is 11.7 Å². The van der Waals surface area contributed by atoms with Crippen LogP contribution in [0.4, 0.5) is 0 Å². The zero-order chi connectivity index (χ0) is 17.9. The van der Waals surface area contributed by atoms with Crippen LogP contribution in [0.25, 0.3) is 22.2 Å². The summed E-state index contributed by atoms with van der Waals surface area (Å²) in [6.45, 7) is 2.54. The minimum atomic E-state index is -0.553. The minimum Gasteiger partial charge on any atom is -0.480 e. The number of ether oxygens (including phenoxy) is 1. The number of nitrogens with one attached hydrogen (secondary N) is 1. The van der Waals surface area contributed by atoms with E-state index in [4.69, 9.17) is 9.72 Å². The number of hydrogen-bond acceptors (Lipinski definition) is 3. The Labute approximate surface area is 153 Å². The van der Waals surface area contributed by atoms with Crippen LogP contribution in [0.15, 0.2) is 60.7 Å². The molecule has 0 spiro atoms. The van der Waals surface area contributed by atoms with Crippen molar-refractivity contribution in [3.63, 3.8) is 0 Å². The third-order valence-electron chi connectivity index (χ3n) is 4.68. The maximum absolute atomic E-state index is 12.3. The first kappa shape index (κ1) is 16.6. The summed E-state index contributed by atoms with van der Waals surface area (Å²) in [6.07, 6.45) is 1.87. The Kier molecular flexibility index (Phi) is 4.57. The van der Waals surface area contributed by atoms with Gasteiger partial charge in [-0.3, -0.25) is 4.79 Å². The van der Waals surface area contributed by atoms with Crippen LogP contribution in [0.2, 0.25) is 0 Å². The van der Waals surface area contributed by atoms with Crippen LogP contribution in [0, 0.1) is 5.92 Å². The van der Waals surface area contributed by atoms with Crippen molar-refractivity contribution in [2.24, 2.45) is 5.92 Å². The summed E-state index contributed by atoms with van der Waals surface area (Å²) in [5.74, 6) is 1.26. The molecular formula is C22H22N2O2. The van der Waals surface area contributed by atoms with E-state index in [-0.39, 0.29) is 5.91 Å². The second-order valence-corrected chi connectivity index (χ2v) is 6.84. The van der Waals surface area contributed by atoms with Crippen molar-refractivity contribution in [1.29, 1.82) is 0 Å². The van der Waals surface area contributed by atoms with Crippen LogP contribution in [0.3, 0.4) is 0 Å². The third kappa shape index (κ3) is 3.69. The predicted octanol–water partition coefficient (Wildman–Crippen LogP) is 4.20. The molecule has 0 radical (unpaired) electrons. The maximum atomic E-state index is 12.3. The first-order valence-corrected chi connectivity index (χ1v) is 9.10. The molecular weight excluding hydrogens is 324 g/mol. The lowest BCUT2D eigenvalue weighted by atomic mass is 10.1. The SMILES string of the molecule is CC(Oc1cc(-c2ccccc2)nc2ccccc12)C(=O)NCC1CC1. The van der Waals surface area contributed by atoms with Gasteiger partial charge in [0.2, 0.25) is 0 Å². The van der Waals surface area contributed by atoms with Crippen molar-refractivity contribution in [2.45, 2.75) is 25.9 Å². The molecule has 1 fully saturated rings. The van der Waals surface area contributed by atoms with E-state index < -0.39 is 6.10 Å². The second-order valence-electron chi connectivity index (χ2n) is 6.84. The number of carbonyl (C=O) groups is 1. The van der Waals surface area contributed by atoms with Crippen molar-refractivity contribution in [3.05, 3.63) is 60.7 Å². The molecule has 4 rings (SSSR count). The van der Waals surface area contributed by atoms with Crippen molar-refractivity contribution in [3.8, 4) is 17.0 Å². The Hall–Kier alpha value is -2.88. The van der Waals surface area contributed by atoms with Gasteiger partial charge in [-0.25, -0.2) is 4.98 Å². The largest absolute Gasteiger partial charge is 0.480 e. The number of benzene rings is 2. The summed E-state index contributed by atoms with van der Waals surface area (Å²) < 4.78 is 6.05. The Morgan fingerprint density at radius 3 is 2.65 bits per heavy atom. The lowest BCUT2D eigenvalue weighted by Crippen LogP contribution is -2.37. The zero-order valence-electron chi connectivity index (χ0n) is 14.8. The van der Waals surface area contributed by atoms with Gasteiger partial charge in [0, 0.05) is 23.6 Å². The summed E-state index contributed by atoms with van der Waals surface area (Å²) in [4.78, 5) is 17.1. The molecule has 132 valence electrons. The van der Waals surface area contributed by atoms with Crippen LogP contribution < -0.4 is 10.1 Å². The molecule has 0 saturated heterocycles. The summed E-state index contributed by atoms with van der Waals surface area (Å²) in [6, 6.07) is 19.8. The topological polar surface area (TPSA) is 51.2 Å². The molecule has 1 aliphatic carbocycles. The highest BCUT2D eigenvalue weighted by Crippen LogP contribution is 2.31. The van der Waals surface area contributed by atoms with Gasteiger partial charge < -0.3 is 10.1 Å². The van der Waals surface area contributed by atoms with Crippen molar-refractivity contribution < 1.29 is 9.53 Å². The van der Waals surface area contributed by atoms with E-state index in [1.54, 1.807) is 6.92 Å². The normalized spacial score (nSPS) is 14.8. The van der Waals surface area contributed by atoms with Crippen LogP contribution in [-0.4, -0.2) is 23.5 Å². The molecule has 4 heteroatoms. The average molecular weight is 346 g/mol. The maximum Gasteiger partial charge on any atom is 0.260 e. The molecule has 1 aromatic heterocycles. The van der Waals surface area contributed by atoms with E-state index in [2.05, 4.69) is 5.32 Å². The molecule has 2 aromatic carbocycles. The number of rotatable bonds is 6. The number of aromatic nitrogens is 1. The molecule has 0 aliphatic heterocycles. The summed E-state index contributed by atoms with van der Waals surface area (Å²) in [5.41, 5.74) is 2.72. The highest BCUT2D eigenvalue weighted by molar-refractivity contribution is 5.89. The van der Waals surface area contributed by atoms with Crippen LogP contribution in [-0.2, 0) is 4.79 Å². The van der Waals surface area contributed by atoms with Gasteiger partial charge in [0.25, 0.3) is 5.91 Å². The standard InChI is InChI=1S/C22H22N2O2/c1-15(22(25)23-14-16-11-12-16)26-21-13-20(17-7-3-2-4-8-17)24-19-10-6-5-9-18(19)21/h2-10,13,15-16H,11-12,14H2,1H3,(H,23,25). The molecule has 1 atom stereocenters. The van der Waals surface area contributed by atoms with Crippen LogP contribution in [0.1, 0.15) is 19.8 Å². The number of amides is 1. The van der Waals surface area contributed by atoms with Gasteiger partial charge in [-0.15, -0.1) is 0 Å². The molecule has 26 heavy (non-hydrogen) atoms. The van der Waals surface area contributed by atoms with Crippen LogP contribution >= 0.6 is 0 Å². The summed E-state index contributed by atoms with van der Waals surface area (Å²) in [7, 11) is 0. The lowest BCUT2D eigenvalue weighted by molar-refractivity contribution is -0.127. The fourth-order valence-electron chi connectivity index (χ4n) is 2.95. The molecule has 1 saturated carbocycles. The van der Waals surface area contributed by atoms with E-state index >= 15 is 0 Å². The highest BCUT2D eigenvalue weighted by Gasteiger charge is 2.24. The molecule has 4 nitrogen and oxygen atoms in total. The Morgan fingerprint density at radius 2 is 1.88 bits per heavy atom. The minimum absolute atomic E-state index is 0.0703. The second kappa shape index (κ2) is 7.16. The molecule has 3 aromatic rings. The lowest BCUT2D eigenvalue weighted by Gasteiger charge is -2.17. The average Bonchev–Trinajstić information content (AvgIpc) is 3.51. The highest BCUT2D eigenvalue weighted by atomic mass is 16.5. The first-order chi connectivity index (χ1) is 12.7. The monoisotopic (exact) mass is 346 g/mol. The van der Waals surface area contributed by atoms with Crippen molar-refractivity contribution in [1.82, 2.24) is 10.3 Å². The molecule has 1 amide bonds. The molecule has 0 bridgehead atoms. The predicted molar refractivity (Wildman–Crippen MR) is 103 cm³/mol. The van der Waals surface area contributed by atoms with Gasteiger partial charge >= 0.3 is 0 Å². The number of para-hydroxylation sites is 1. The van der Waals surface area contributed by atoms with Gasteiger partial charge in [0.05, 0.1) is 11.2 Å². The fraction of sp³-hybridized carbons (Fsp3) is 0.273. The van der Waals surface area contributed by atoms with Gasteiger partial charge in [-0.1, -0.05) is 42.5 Å². The summed E-state index contributed by atoms with van der Waals surface area (Å²) >= 11 is 0. The molecule has 1 N–H and O–H groups in total. The first-order valence-electron chi connectivity index (χ1n) is 9.10. The van der Waals surface area contributed by atoms with Gasteiger partial charge in [-0.05, 0) is 37.8 Å². The van der Waals surface area contributed by atoms with Crippen LogP contribution in [0.5, 0.6) is 5.75 Å². The van der Waals surface area contributed by atoms with E-state index in [1.807, 2.05) is 60.7 Å². The third-order valence-corrected chi connectivity index (χ3v) is 4.68. The smallest absolute Gasteiger partial charge is 0.260 e. The van der Waals surface area contributed by atoms with Gasteiger partial charge in [-0.2, -0.15) is 0 Å². The Balaban J connectivity index is 1.63. The Bertz CT molecular complexity index is 920. The van der Waals surface area contributed by atoms with E-state index in [9.17, 15) is 4.79 Å². The molecule has 1 aliphatic rings. The zero-order valence-corrected chi connectivity index (χ0v) is 14.8. The number of fused-ring (bicyclic) bond motifs is 1. The molecule has 1 unspecified atom stereocenters.